The van der Waals surface area contributed by atoms with E-state index in [4.69, 9.17) is 5.73 Å². The summed E-state index contributed by atoms with van der Waals surface area (Å²) in [6.07, 6.45) is 1.78. The van der Waals surface area contributed by atoms with Gasteiger partial charge in [-0.25, -0.2) is 8.78 Å². The number of nitrogens with zero attached hydrogens (tertiary/aromatic N) is 1. The number of hydrogen-bond acceptors (Lipinski definition) is 3. The Morgan fingerprint density at radius 2 is 2.00 bits per heavy atom. The molecule has 2 rings (SSSR count). The normalized spacial score (nSPS) is 17.6. The van der Waals surface area contributed by atoms with Crippen molar-refractivity contribution in [3.63, 3.8) is 0 Å². The van der Waals surface area contributed by atoms with Crippen molar-refractivity contribution in [1.29, 1.82) is 0 Å². The van der Waals surface area contributed by atoms with Crippen molar-refractivity contribution in [2.24, 2.45) is 5.73 Å². The summed E-state index contributed by atoms with van der Waals surface area (Å²) >= 11 is 0. The van der Waals surface area contributed by atoms with Crippen molar-refractivity contribution in [2.75, 3.05) is 19.6 Å². The van der Waals surface area contributed by atoms with E-state index in [2.05, 4.69) is 0 Å². The zero-order valence-electron chi connectivity index (χ0n) is 10.7. The molecule has 0 spiro atoms. The van der Waals surface area contributed by atoms with Crippen LogP contribution >= 0.6 is 0 Å². The highest BCUT2D eigenvalue weighted by Crippen LogP contribution is 2.12. The second-order valence-corrected chi connectivity index (χ2v) is 5.06. The molecule has 0 saturated carbocycles. The van der Waals surface area contributed by atoms with E-state index < -0.39 is 11.6 Å². The van der Waals surface area contributed by atoms with Crippen molar-refractivity contribution >= 4 is 5.78 Å². The second kappa shape index (κ2) is 6.21. The van der Waals surface area contributed by atoms with Gasteiger partial charge in [0.15, 0.2) is 5.78 Å². The monoisotopic (exact) mass is 268 g/mol. The largest absolute Gasteiger partial charge is 0.328 e. The van der Waals surface area contributed by atoms with Gasteiger partial charge in [0.25, 0.3) is 0 Å². The van der Waals surface area contributed by atoms with E-state index in [-0.39, 0.29) is 23.8 Å². The quantitative estimate of drug-likeness (QED) is 0.900. The smallest absolute Gasteiger partial charge is 0.151 e. The van der Waals surface area contributed by atoms with Crippen LogP contribution < -0.4 is 5.73 Å². The number of carbonyl (C=O) groups excluding carboxylic acids is 1. The van der Waals surface area contributed by atoms with Gasteiger partial charge in [-0.2, -0.15) is 0 Å². The molecule has 3 nitrogen and oxygen atoms in total. The third-order valence-corrected chi connectivity index (χ3v) is 3.43. The molecule has 104 valence electrons. The first-order chi connectivity index (χ1) is 9.04. The predicted molar refractivity (Wildman–Crippen MR) is 68.7 cm³/mol. The summed E-state index contributed by atoms with van der Waals surface area (Å²) in [6.45, 7) is 1.92. The Labute approximate surface area is 111 Å². The summed E-state index contributed by atoms with van der Waals surface area (Å²) in [4.78, 5) is 13.9. The van der Waals surface area contributed by atoms with Crippen LogP contribution in [-0.4, -0.2) is 36.4 Å². The molecule has 0 bridgehead atoms. The van der Waals surface area contributed by atoms with Crippen molar-refractivity contribution < 1.29 is 13.6 Å². The van der Waals surface area contributed by atoms with Crippen LogP contribution in [-0.2, 0) is 11.2 Å². The zero-order chi connectivity index (χ0) is 13.8. The molecule has 5 heteroatoms. The number of rotatable bonds is 4. The molecule has 1 heterocycles. The number of piperidine rings is 1. The number of likely N-dealkylation sites (tertiary alicyclic amines) is 1. The first kappa shape index (κ1) is 14.1. The number of hydrogen-bond donors (Lipinski definition) is 1. The lowest BCUT2D eigenvalue weighted by atomic mass is 10.0. The first-order valence-electron chi connectivity index (χ1n) is 6.48. The molecule has 0 aromatic heterocycles. The number of ketones is 1. The molecule has 1 fully saturated rings. The Balaban J connectivity index is 1.87. The van der Waals surface area contributed by atoms with Crippen LogP contribution in [0.1, 0.15) is 18.4 Å². The molecule has 19 heavy (non-hydrogen) atoms. The van der Waals surface area contributed by atoms with Crippen LogP contribution in [0.3, 0.4) is 0 Å². The Kier molecular flexibility index (Phi) is 4.61. The van der Waals surface area contributed by atoms with Crippen LogP contribution in [0.15, 0.2) is 18.2 Å². The van der Waals surface area contributed by atoms with E-state index in [1.807, 2.05) is 4.90 Å². The van der Waals surface area contributed by atoms with Gasteiger partial charge in [-0.15, -0.1) is 0 Å². The SMILES string of the molecule is NC1CCN(CC(=O)Cc2ccc(F)cc2F)CC1. The molecule has 1 aromatic rings. The van der Waals surface area contributed by atoms with Crippen LogP contribution in [0.5, 0.6) is 0 Å². The summed E-state index contributed by atoms with van der Waals surface area (Å²) in [5, 5.41) is 0. The van der Waals surface area contributed by atoms with Gasteiger partial charge < -0.3 is 5.73 Å². The number of halogens is 2. The molecular weight excluding hydrogens is 250 g/mol. The van der Waals surface area contributed by atoms with E-state index in [1.54, 1.807) is 0 Å². The highest BCUT2D eigenvalue weighted by molar-refractivity contribution is 5.82. The third kappa shape index (κ3) is 4.08. The summed E-state index contributed by atoms with van der Waals surface area (Å²) in [5.74, 6) is -1.34. The Bertz CT molecular complexity index is 457. The van der Waals surface area contributed by atoms with Gasteiger partial charge >= 0.3 is 0 Å². The molecule has 0 aliphatic carbocycles. The summed E-state index contributed by atoms with van der Waals surface area (Å²) in [5.41, 5.74) is 6.04. The van der Waals surface area contributed by atoms with Crippen molar-refractivity contribution in [2.45, 2.75) is 25.3 Å². The molecule has 0 unspecified atom stereocenters. The number of Topliss-reactive ketones (excluding diaryl/α,β-unsaturated/α-hetero) is 1. The minimum atomic E-state index is -0.658. The molecule has 0 radical (unpaired) electrons. The average molecular weight is 268 g/mol. The fourth-order valence-electron chi connectivity index (χ4n) is 2.29. The number of benzene rings is 1. The molecule has 1 aliphatic heterocycles. The molecule has 1 saturated heterocycles. The third-order valence-electron chi connectivity index (χ3n) is 3.43. The van der Waals surface area contributed by atoms with Crippen molar-refractivity contribution in [3.05, 3.63) is 35.4 Å². The fraction of sp³-hybridized carbons (Fsp3) is 0.500. The highest BCUT2D eigenvalue weighted by atomic mass is 19.1. The summed E-state index contributed by atoms with van der Waals surface area (Å²) in [6, 6.07) is 3.53. The number of carbonyl (C=O) groups is 1. The number of nitrogens with two attached hydrogens (primary N) is 1. The standard InChI is InChI=1S/C14H18F2N2O/c15-11-2-1-10(14(16)8-11)7-13(19)9-18-5-3-12(17)4-6-18/h1-2,8,12H,3-7,9,17H2. The topological polar surface area (TPSA) is 46.3 Å². The molecular formula is C14H18F2N2O. The molecule has 0 atom stereocenters. The zero-order valence-corrected chi connectivity index (χ0v) is 10.7. The van der Waals surface area contributed by atoms with E-state index in [0.717, 1.165) is 32.0 Å². The van der Waals surface area contributed by atoms with Gasteiger partial charge in [0.1, 0.15) is 11.6 Å². The van der Waals surface area contributed by atoms with Crippen LogP contribution in [0, 0.1) is 11.6 Å². The van der Waals surface area contributed by atoms with Gasteiger partial charge in [-0.1, -0.05) is 6.07 Å². The van der Waals surface area contributed by atoms with Crippen LogP contribution in [0.4, 0.5) is 8.78 Å². The minimum Gasteiger partial charge on any atom is -0.328 e. The minimum absolute atomic E-state index is 0.00860. The molecule has 2 N–H and O–H groups in total. The average Bonchev–Trinajstić information content (AvgIpc) is 2.36. The molecule has 1 aliphatic rings. The van der Waals surface area contributed by atoms with Gasteiger partial charge in [0, 0.05) is 31.6 Å². The van der Waals surface area contributed by atoms with Gasteiger partial charge in [-0.05, 0) is 24.5 Å². The Morgan fingerprint density at radius 3 is 2.63 bits per heavy atom. The van der Waals surface area contributed by atoms with Gasteiger partial charge in [0.05, 0.1) is 6.54 Å². The van der Waals surface area contributed by atoms with E-state index in [9.17, 15) is 13.6 Å². The van der Waals surface area contributed by atoms with E-state index in [0.29, 0.717) is 6.54 Å². The van der Waals surface area contributed by atoms with E-state index >= 15 is 0 Å². The lowest BCUT2D eigenvalue weighted by Crippen LogP contribution is -2.42. The fourth-order valence-corrected chi connectivity index (χ4v) is 2.29. The first-order valence-corrected chi connectivity index (χ1v) is 6.48. The molecule has 0 amide bonds. The maximum Gasteiger partial charge on any atom is 0.151 e. The lowest BCUT2D eigenvalue weighted by molar-refractivity contribution is -0.119. The van der Waals surface area contributed by atoms with Crippen molar-refractivity contribution in [1.82, 2.24) is 4.90 Å². The van der Waals surface area contributed by atoms with Gasteiger partial charge in [0.2, 0.25) is 0 Å². The van der Waals surface area contributed by atoms with Gasteiger partial charge in [-0.3, -0.25) is 9.69 Å². The summed E-state index contributed by atoms with van der Waals surface area (Å²) in [7, 11) is 0. The maximum absolute atomic E-state index is 13.4. The Morgan fingerprint density at radius 1 is 1.32 bits per heavy atom. The van der Waals surface area contributed by atoms with E-state index in [1.165, 1.54) is 12.1 Å². The Hall–Kier alpha value is -1.33. The lowest BCUT2D eigenvalue weighted by Gasteiger charge is -2.29. The summed E-state index contributed by atoms with van der Waals surface area (Å²) < 4.78 is 26.2. The highest BCUT2D eigenvalue weighted by Gasteiger charge is 2.18. The predicted octanol–water partition coefficient (Wildman–Crippen LogP) is 1.50. The van der Waals surface area contributed by atoms with Crippen LogP contribution in [0.2, 0.25) is 0 Å². The van der Waals surface area contributed by atoms with Crippen LogP contribution in [0.25, 0.3) is 0 Å². The maximum atomic E-state index is 13.4. The van der Waals surface area contributed by atoms with Crippen molar-refractivity contribution in [3.8, 4) is 0 Å². The molecule has 1 aromatic carbocycles. The second-order valence-electron chi connectivity index (χ2n) is 5.06.